The van der Waals surface area contributed by atoms with Crippen molar-refractivity contribution in [1.82, 2.24) is 10.3 Å². The van der Waals surface area contributed by atoms with Gasteiger partial charge in [-0.1, -0.05) is 13.8 Å². The molecule has 3 N–H and O–H groups in total. The number of urea groups is 1. The first-order chi connectivity index (χ1) is 15.4. The Morgan fingerprint density at radius 1 is 1.00 bits per heavy atom. The Hall–Kier alpha value is -3.81. The minimum absolute atomic E-state index is 0.0264. The molecule has 0 radical (unpaired) electrons. The van der Waals surface area contributed by atoms with Crippen LogP contribution >= 0.6 is 0 Å². The van der Waals surface area contributed by atoms with Crippen LogP contribution < -0.4 is 20.7 Å². The normalized spacial score (nSPS) is 10.6. The maximum atomic E-state index is 12.1. The zero-order valence-corrected chi connectivity index (χ0v) is 18.5. The molecule has 0 aliphatic heterocycles. The number of hydrogen-bond acceptors (Lipinski definition) is 5. The zero-order chi connectivity index (χ0) is 22.9. The highest BCUT2D eigenvalue weighted by molar-refractivity contribution is 5.92. The third-order valence-corrected chi connectivity index (χ3v) is 4.58. The summed E-state index contributed by atoms with van der Waals surface area (Å²) in [5.41, 5.74) is 2.93. The summed E-state index contributed by atoms with van der Waals surface area (Å²) in [6.07, 6.45) is 2.59. The molecule has 3 aromatic rings. The Balaban J connectivity index is 1.42. The summed E-state index contributed by atoms with van der Waals surface area (Å²) in [6.45, 7) is 4.39. The number of hydrogen-bond donors (Lipinski definition) is 3. The second-order valence-corrected chi connectivity index (χ2v) is 7.73. The van der Waals surface area contributed by atoms with Crippen LogP contribution in [0.25, 0.3) is 11.5 Å². The molecule has 0 atom stereocenters. The van der Waals surface area contributed by atoms with Crippen molar-refractivity contribution in [2.75, 3.05) is 24.3 Å². The Morgan fingerprint density at radius 2 is 1.66 bits per heavy atom. The fourth-order valence-corrected chi connectivity index (χ4v) is 2.99. The lowest BCUT2D eigenvalue weighted by molar-refractivity contribution is -0.116. The van der Waals surface area contributed by atoms with Gasteiger partial charge >= 0.3 is 6.03 Å². The number of carbonyl (C=O) groups excluding carboxylic acids is 2. The first-order valence-corrected chi connectivity index (χ1v) is 10.5. The van der Waals surface area contributed by atoms with Crippen LogP contribution in [0.2, 0.25) is 0 Å². The summed E-state index contributed by atoms with van der Waals surface area (Å²) in [5.74, 6) is 1.56. The van der Waals surface area contributed by atoms with Gasteiger partial charge in [0.1, 0.15) is 12.0 Å². The molecular weight excluding hydrogens is 408 g/mol. The number of rotatable bonds is 9. The first kappa shape index (κ1) is 22.9. The van der Waals surface area contributed by atoms with Crippen LogP contribution in [-0.4, -0.2) is 30.6 Å². The van der Waals surface area contributed by atoms with Crippen molar-refractivity contribution in [3.05, 3.63) is 60.5 Å². The number of nitrogens with one attached hydrogen (secondary N) is 3. The number of nitrogens with zero attached hydrogens (tertiary/aromatic N) is 1. The number of anilines is 2. The van der Waals surface area contributed by atoms with Crippen molar-refractivity contribution in [2.45, 2.75) is 26.7 Å². The molecule has 2 aromatic carbocycles. The molecule has 0 saturated carbocycles. The molecule has 8 nitrogen and oxygen atoms in total. The maximum Gasteiger partial charge on any atom is 0.319 e. The van der Waals surface area contributed by atoms with Gasteiger partial charge in [0.05, 0.1) is 12.8 Å². The maximum absolute atomic E-state index is 12.1. The van der Waals surface area contributed by atoms with Crippen molar-refractivity contribution in [3.63, 3.8) is 0 Å². The molecule has 3 amide bonds. The summed E-state index contributed by atoms with van der Waals surface area (Å²) in [4.78, 5) is 28.4. The zero-order valence-electron chi connectivity index (χ0n) is 18.5. The van der Waals surface area contributed by atoms with Crippen LogP contribution in [0.3, 0.4) is 0 Å². The quantitative estimate of drug-likeness (QED) is 0.451. The van der Waals surface area contributed by atoms with Gasteiger partial charge in [-0.25, -0.2) is 9.78 Å². The molecule has 0 fully saturated rings. The molecular formula is C24H28N4O4. The summed E-state index contributed by atoms with van der Waals surface area (Å²) >= 11 is 0. The molecule has 168 valence electrons. The molecule has 0 bridgehead atoms. The topological polar surface area (TPSA) is 105 Å². The number of ether oxygens (including phenoxy) is 1. The Labute approximate surface area is 187 Å². The average Bonchev–Trinajstić information content (AvgIpc) is 3.23. The van der Waals surface area contributed by atoms with E-state index in [0.717, 1.165) is 17.0 Å². The van der Waals surface area contributed by atoms with Gasteiger partial charge in [0, 0.05) is 36.3 Å². The average molecular weight is 437 g/mol. The smallest absolute Gasteiger partial charge is 0.319 e. The van der Waals surface area contributed by atoms with E-state index in [1.54, 1.807) is 37.6 Å². The van der Waals surface area contributed by atoms with E-state index in [9.17, 15) is 9.59 Å². The highest BCUT2D eigenvalue weighted by Crippen LogP contribution is 2.22. The Morgan fingerprint density at radius 3 is 2.28 bits per heavy atom. The van der Waals surface area contributed by atoms with Crippen molar-refractivity contribution in [1.29, 1.82) is 0 Å². The monoisotopic (exact) mass is 436 g/mol. The Kier molecular flexibility index (Phi) is 7.85. The molecule has 1 heterocycles. The van der Waals surface area contributed by atoms with Crippen LogP contribution in [0.15, 0.2) is 59.2 Å². The number of benzene rings is 2. The second-order valence-electron chi connectivity index (χ2n) is 7.73. The minimum atomic E-state index is -0.319. The standard InChI is InChI=1S/C24H28N4O4/c1-16(2)14-22(29)26-18-6-8-19(9-7-18)28-24(30)25-13-12-20-15-32-23(27-20)17-4-10-21(31-3)11-5-17/h4-11,15-16H,12-14H2,1-3H3,(H,26,29)(H2,25,28,30). The van der Waals surface area contributed by atoms with Gasteiger partial charge in [0.25, 0.3) is 0 Å². The van der Waals surface area contributed by atoms with Crippen LogP contribution in [0, 0.1) is 5.92 Å². The highest BCUT2D eigenvalue weighted by Gasteiger charge is 2.09. The largest absolute Gasteiger partial charge is 0.497 e. The van der Waals surface area contributed by atoms with Crippen molar-refractivity contribution in [2.24, 2.45) is 5.92 Å². The fourth-order valence-electron chi connectivity index (χ4n) is 2.99. The van der Waals surface area contributed by atoms with E-state index < -0.39 is 0 Å². The van der Waals surface area contributed by atoms with E-state index in [-0.39, 0.29) is 11.9 Å². The summed E-state index contributed by atoms with van der Waals surface area (Å²) < 4.78 is 10.7. The van der Waals surface area contributed by atoms with Crippen molar-refractivity contribution in [3.8, 4) is 17.2 Å². The molecule has 0 spiro atoms. The second kappa shape index (κ2) is 11.0. The van der Waals surface area contributed by atoms with Crippen LogP contribution in [0.1, 0.15) is 26.0 Å². The predicted molar refractivity (Wildman–Crippen MR) is 124 cm³/mol. The van der Waals surface area contributed by atoms with E-state index in [0.29, 0.717) is 42.6 Å². The van der Waals surface area contributed by atoms with Gasteiger partial charge in [-0.2, -0.15) is 0 Å². The van der Waals surface area contributed by atoms with Crippen molar-refractivity contribution < 1.29 is 18.7 Å². The molecule has 0 aliphatic carbocycles. The SMILES string of the molecule is COc1ccc(-c2nc(CCNC(=O)Nc3ccc(NC(=O)CC(C)C)cc3)co2)cc1. The molecule has 3 rings (SSSR count). The first-order valence-electron chi connectivity index (χ1n) is 10.5. The van der Waals surface area contributed by atoms with E-state index in [1.807, 2.05) is 38.1 Å². The van der Waals surface area contributed by atoms with Crippen LogP contribution in [-0.2, 0) is 11.2 Å². The van der Waals surface area contributed by atoms with Gasteiger partial charge in [-0.05, 0) is 54.4 Å². The highest BCUT2D eigenvalue weighted by atomic mass is 16.5. The number of methoxy groups -OCH3 is 1. The molecule has 0 aliphatic rings. The number of amides is 3. The van der Waals surface area contributed by atoms with Gasteiger partial charge in [0.15, 0.2) is 0 Å². The number of aromatic nitrogens is 1. The summed E-state index contributed by atoms with van der Waals surface area (Å²) in [6, 6.07) is 14.1. The summed E-state index contributed by atoms with van der Waals surface area (Å²) in [5, 5.41) is 8.39. The molecule has 1 aromatic heterocycles. The van der Waals surface area contributed by atoms with Gasteiger partial charge < -0.3 is 25.1 Å². The molecule has 0 unspecified atom stereocenters. The molecule has 0 saturated heterocycles. The third kappa shape index (κ3) is 6.87. The number of carbonyl (C=O) groups is 2. The lowest BCUT2D eigenvalue weighted by atomic mass is 10.1. The van der Waals surface area contributed by atoms with E-state index in [1.165, 1.54) is 0 Å². The van der Waals surface area contributed by atoms with Gasteiger partial charge in [0.2, 0.25) is 11.8 Å². The predicted octanol–water partition coefficient (Wildman–Crippen LogP) is 4.70. The van der Waals surface area contributed by atoms with Gasteiger partial charge in [-0.15, -0.1) is 0 Å². The minimum Gasteiger partial charge on any atom is -0.497 e. The van der Waals surface area contributed by atoms with Crippen LogP contribution in [0.4, 0.5) is 16.2 Å². The van der Waals surface area contributed by atoms with Crippen LogP contribution in [0.5, 0.6) is 5.75 Å². The molecule has 32 heavy (non-hydrogen) atoms. The van der Waals surface area contributed by atoms with Gasteiger partial charge in [-0.3, -0.25) is 4.79 Å². The van der Waals surface area contributed by atoms with Crippen molar-refractivity contribution >= 4 is 23.3 Å². The fraction of sp³-hybridized carbons (Fsp3) is 0.292. The summed E-state index contributed by atoms with van der Waals surface area (Å²) in [7, 11) is 1.62. The van der Waals surface area contributed by atoms with E-state index in [2.05, 4.69) is 20.9 Å². The van der Waals surface area contributed by atoms with E-state index in [4.69, 9.17) is 9.15 Å². The molecule has 8 heteroatoms. The lowest BCUT2D eigenvalue weighted by Crippen LogP contribution is -2.30. The number of oxazole rings is 1. The third-order valence-electron chi connectivity index (χ3n) is 4.58. The lowest BCUT2D eigenvalue weighted by Gasteiger charge is -2.09. The van der Waals surface area contributed by atoms with E-state index >= 15 is 0 Å². The Bertz CT molecular complexity index is 1030.